The maximum Gasteiger partial charge on any atom is 0.159 e. The molecule has 0 aliphatic rings. The lowest BCUT2D eigenvalue weighted by Crippen LogP contribution is -1.92. The smallest absolute Gasteiger partial charge is 0.159 e. The lowest BCUT2D eigenvalue weighted by Gasteiger charge is -2.05. The summed E-state index contributed by atoms with van der Waals surface area (Å²) in [5.41, 5.74) is 1.38. The second kappa shape index (κ2) is 4.76. The Kier molecular flexibility index (Phi) is 3.36. The third-order valence-electron chi connectivity index (χ3n) is 2.00. The Balaban J connectivity index is 2.50. The van der Waals surface area contributed by atoms with Gasteiger partial charge in [-0.25, -0.2) is 4.98 Å². The standard InChI is InChI=1S/C10H7BrClN3O/c1-16-8-3-2-6(4-7(8)11)9-10(12)13-5-14-15-9/h2-5H,1H3. The monoisotopic (exact) mass is 299 g/mol. The number of aromatic nitrogens is 3. The molecule has 0 N–H and O–H groups in total. The van der Waals surface area contributed by atoms with Crippen molar-refractivity contribution in [3.63, 3.8) is 0 Å². The van der Waals surface area contributed by atoms with E-state index in [-0.39, 0.29) is 0 Å². The van der Waals surface area contributed by atoms with Crippen molar-refractivity contribution in [3.05, 3.63) is 34.2 Å². The number of hydrogen-bond donors (Lipinski definition) is 0. The van der Waals surface area contributed by atoms with Crippen molar-refractivity contribution in [3.8, 4) is 17.0 Å². The van der Waals surface area contributed by atoms with Gasteiger partial charge in [-0.05, 0) is 34.1 Å². The first-order valence-electron chi connectivity index (χ1n) is 4.39. The Labute approximate surface area is 106 Å². The normalized spacial score (nSPS) is 10.2. The third-order valence-corrected chi connectivity index (χ3v) is 2.90. The number of hydrogen-bond acceptors (Lipinski definition) is 4. The van der Waals surface area contributed by atoms with Gasteiger partial charge in [-0.15, -0.1) is 10.2 Å². The molecule has 0 fully saturated rings. The molecule has 16 heavy (non-hydrogen) atoms. The van der Waals surface area contributed by atoms with E-state index in [0.717, 1.165) is 15.8 Å². The summed E-state index contributed by atoms with van der Waals surface area (Å²) in [5, 5.41) is 7.97. The van der Waals surface area contributed by atoms with Gasteiger partial charge in [0.15, 0.2) is 5.15 Å². The molecule has 0 spiro atoms. The number of rotatable bonds is 2. The Morgan fingerprint density at radius 2 is 2.19 bits per heavy atom. The van der Waals surface area contributed by atoms with Gasteiger partial charge in [0.05, 0.1) is 11.6 Å². The highest BCUT2D eigenvalue weighted by Crippen LogP contribution is 2.31. The zero-order valence-electron chi connectivity index (χ0n) is 8.32. The summed E-state index contributed by atoms with van der Waals surface area (Å²) in [7, 11) is 1.61. The molecule has 0 saturated heterocycles. The first kappa shape index (κ1) is 11.3. The van der Waals surface area contributed by atoms with Crippen molar-refractivity contribution < 1.29 is 4.74 Å². The number of halogens is 2. The van der Waals surface area contributed by atoms with Crippen LogP contribution < -0.4 is 4.74 Å². The summed E-state index contributed by atoms with van der Waals surface area (Å²) in [6.45, 7) is 0. The highest BCUT2D eigenvalue weighted by atomic mass is 79.9. The molecule has 4 nitrogen and oxygen atoms in total. The van der Waals surface area contributed by atoms with E-state index >= 15 is 0 Å². The van der Waals surface area contributed by atoms with E-state index in [2.05, 4.69) is 31.1 Å². The molecule has 0 saturated carbocycles. The minimum atomic E-state index is 0.326. The van der Waals surface area contributed by atoms with Crippen LogP contribution in [-0.4, -0.2) is 22.3 Å². The summed E-state index contributed by atoms with van der Waals surface area (Å²) >= 11 is 9.32. The summed E-state index contributed by atoms with van der Waals surface area (Å²) in [6.07, 6.45) is 1.31. The van der Waals surface area contributed by atoms with Crippen LogP contribution >= 0.6 is 27.5 Å². The van der Waals surface area contributed by atoms with Crippen LogP contribution in [0.15, 0.2) is 29.0 Å². The second-order valence-electron chi connectivity index (χ2n) is 2.95. The first-order valence-corrected chi connectivity index (χ1v) is 5.56. The maximum absolute atomic E-state index is 5.92. The van der Waals surface area contributed by atoms with E-state index in [9.17, 15) is 0 Å². The van der Waals surface area contributed by atoms with Crippen LogP contribution in [0.3, 0.4) is 0 Å². The molecule has 0 amide bonds. The van der Waals surface area contributed by atoms with Crippen LogP contribution in [-0.2, 0) is 0 Å². The minimum absolute atomic E-state index is 0.326. The van der Waals surface area contributed by atoms with Crippen LogP contribution in [0.25, 0.3) is 11.3 Å². The summed E-state index contributed by atoms with van der Waals surface area (Å²) < 4.78 is 5.96. The van der Waals surface area contributed by atoms with Crippen molar-refractivity contribution in [1.82, 2.24) is 15.2 Å². The quantitative estimate of drug-likeness (QED) is 0.855. The molecular formula is C10H7BrClN3O. The largest absolute Gasteiger partial charge is 0.496 e. The molecule has 0 bridgehead atoms. The minimum Gasteiger partial charge on any atom is -0.496 e. The van der Waals surface area contributed by atoms with Crippen molar-refractivity contribution in [1.29, 1.82) is 0 Å². The van der Waals surface area contributed by atoms with E-state index in [1.165, 1.54) is 6.33 Å². The van der Waals surface area contributed by atoms with Crippen LogP contribution in [0.4, 0.5) is 0 Å². The molecule has 0 unspecified atom stereocenters. The molecule has 1 aromatic carbocycles. The predicted molar refractivity (Wildman–Crippen MR) is 64.5 cm³/mol. The molecule has 0 radical (unpaired) electrons. The van der Waals surface area contributed by atoms with E-state index in [1.807, 2.05) is 18.2 Å². The van der Waals surface area contributed by atoms with Gasteiger partial charge in [-0.1, -0.05) is 11.6 Å². The van der Waals surface area contributed by atoms with Crippen molar-refractivity contribution >= 4 is 27.5 Å². The van der Waals surface area contributed by atoms with Gasteiger partial charge in [0.1, 0.15) is 17.8 Å². The van der Waals surface area contributed by atoms with Crippen molar-refractivity contribution in [2.45, 2.75) is 0 Å². The lowest BCUT2D eigenvalue weighted by molar-refractivity contribution is 0.412. The zero-order valence-corrected chi connectivity index (χ0v) is 10.7. The molecule has 0 atom stereocenters. The molecule has 82 valence electrons. The van der Waals surface area contributed by atoms with Gasteiger partial charge in [0.2, 0.25) is 0 Å². The topological polar surface area (TPSA) is 47.9 Å². The fourth-order valence-electron chi connectivity index (χ4n) is 1.25. The highest BCUT2D eigenvalue weighted by molar-refractivity contribution is 9.10. The van der Waals surface area contributed by atoms with Crippen LogP contribution in [0.2, 0.25) is 5.15 Å². The Bertz CT molecular complexity index is 521. The molecule has 0 aliphatic carbocycles. The number of methoxy groups -OCH3 is 1. The lowest BCUT2D eigenvalue weighted by atomic mass is 10.1. The second-order valence-corrected chi connectivity index (χ2v) is 4.16. The number of ether oxygens (including phenoxy) is 1. The van der Waals surface area contributed by atoms with Gasteiger partial charge in [0, 0.05) is 5.56 Å². The third kappa shape index (κ3) is 2.15. The average molecular weight is 301 g/mol. The molecule has 2 rings (SSSR count). The van der Waals surface area contributed by atoms with Crippen molar-refractivity contribution in [2.24, 2.45) is 0 Å². The van der Waals surface area contributed by atoms with E-state index in [1.54, 1.807) is 7.11 Å². The van der Waals surface area contributed by atoms with Gasteiger partial charge >= 0.3 is 0 Å². The number of nitrogens with zero attached hydrogens (tertiary/aromatic N) is 3. The zero-order chi connectivity index (χ0) is 11.5. The Morgan fingerprint density at radius 1 is 1.38 bits per heavy atom. The fourth-order valence-corrected chi connectivity index (χ4v) is 1.98. The Morgan fingerprint density at radius 3 is 2.81 bits per heavy atom. The predicted octanol–water partition coefficient (Wildman–Crippen LogP) is 2.96. The molecule has 6 heteroatoms. The summed E-state index contributed by atoms with van der Waals surface area (Å²) in [6, 6.07) is 5.53. The summed E-state index contributed by atoms with van der Waals surface area (Å²) in [4.78, 5) is 3.87. The van der Waals surface area contributed by atoms with Crippen LogP contribution in [0, 0.1) is 0 Å². The van der Waals surface area contributed by atoms with Gasteiger partial charge < -0.3 is 4.74 Å². The van der Waals surface area contributed by atoms with Crippen LogP contribution in [0.5, 0.6) is 5.75 Å². The van der Waals surface area contributed by atoms with E-state index < -0.39 is 0 Å². The SMILES string of the molecule is COc1ccc(-c2nncnc2Cl)cc1Br. The number of benzene rings is 1. The van der Waals surface area contributed by atoms with E-state index in [4.69, 9.17) is 16.3 Å². The van der Waals surface area contributed by atoms with E-state index in [0.29, 0.717) is 10.8 Å². The van der Waals surface area contributed by atoms with Crippen molar-refractivity contribution in [2.75, 3.05) is 7.11 Å². The maximum atomic E-state index is 5.92. The average Bonchev–Trinajstić information content (AvgIpc) is 2.29. The summed E-state index contributed by atoms with van der Waals surface area (Å²) in [5.74, 6) is 0.747. The molecule has 1 heterocycles. The Hall–Kier alpha value is -1.20. The molecule has 1 aromatic heterocycles. The molecular weight excluding hydrogens is 293 g/mol. The van der Waals surface area contributed by atoms with Gasteiger partial charge in [-0.2, -0.15) is 0 Å². The van der Waals surface area contributed by atoms with Gasteiger partial charge in [-0.3, -0.25) is 0 Å². The fraction of sp³-hybridized carbons (Fsp3) is 0.100. The van der Waals surface area contributed by atoms with Crippen LogP contribution in [0.1, 0.15) is 0 Å². The first-order chi connectivity index (χ1) is 7.72. The molecule has 2 aromatic rings. The molecule has 0 aliphatic heterocycles. The highest BCUT2D eigenvalue weighted by Gasteiger charge is 2.09. The van der Waals surface area contributed by atoms with Gasteiger partial charge in [0.25, 0.3) is 0 Å².